The first kappa shape index (κ1) is 13.4. The van der Waals surface area contributed by atoms with Gasteiger partial charge in [0.2, 0.25) is 0 Å². The summed E-state index contributed by atoms with van der Waals surface area (Å²) in [5, 5.41) is 6.69. The molecule has 17 heavy (non-hydrogen) atoms. The van der Waals surface area contributed by atoms with Gasteiger partial charge in [0.1, 0.15) is 0 Å². The Morgan fingerprint density at radius 2 is 2.12 bits per heavy atom. The van der Waals surface area contributed by atoms with E-state index in [9.17, 15) is 0 Å². The fraction of sp³-hybridized carbons (Fsp3) is 0.714. The van der Waals surface area contributed by atoms with Gasteiger partial charge in [-0.3, -0.25) is 0 Å². The molecule has 1 N–H and O–H groups in total. The molecule has 0 spiro atoms. The minimum atomic E-state index is 0.472. The Kier molecular flexibility index (Phi) is 4.89. The van der Waals surface area contributed by atoms with Crippen molar-refractivity contribution in [1.82, 2.24) is 5.32 Å². The van der Waals surface area contributed by atoms with Gasteiger partial charge in [-0.2, -0.15) is 0 Å². The van der Waals surface area contributed by atoms with Gasteiger partial charge in [0.15, 0.2) is 0 Å². The Bertz CT molecular complexity index is 342. The first-order valence-electron chi connectivity index (χ1n) is 6.68. The monoisotopic (exact) mass is 271 g/mol. The van der Waals surface area contributed by atoms with Gasteiger partial charge in [-0.25, -0.2) is 0 Å². The average molecular weight is 272 g/mol. The molecule has 3 heteroatoms. The highest BCUT2D eigenvalue weighted by Gasteiger charge is 2.28. The van der Waals surface area contributed by atoms with Crippen LogP contribution in [0.15, 0.2) is 11.4 Å². The highest BCUT2D eigenvalue weighted by Crippen LogP contribution is 2.40. The normalized spacial score (nSPS) is 27.0. The molecule has 0 aromatic carbocycles. The number of hydrogen-bond donors (Lipinski definition) is 1. The molecule has 1 aromatic heterocycles. The summed E-state index contributed by atoms with van der Waals surface area (Å²) in [5.74, 6) is 1.68. The molecule has 1 fully saturated rings. The molecule has 1 aliphatic carbocycles. The van der Waals surface area contributed by atoms with Crippen molar-refractivity contribution in [1.29, 1.82) is 0 Å². The summed E-state index contributed by atoms with van der Waals surface area (Å²) >= 11 is 8.09. The number of halogens is 1. The van der Waals surface area contributed by atoms with Crippen LogP contribution in [0, 0.1) is 11.8 Å². The van der Waals surface area contributed by atoms with Crippen LogP contribution in [0.2, 0.25) is 5.02 Å². The number of rotatable bonds is 4. The third-order valence-electron chi connectivity index (χ3n) is 3.88. The van der Waals surface area contributed by atoms with Crippen LogP contribution in [-0.4, -0.2) is 6.54 Å². The molecule has 1 saturated carbocycles. The lowest BCUT2D eigenvalue weighted by Gasteiger charge is -2.33. The summed E-state index contributed by atoms with van der Waals surface area (Å²) in [6.07, 6.45) is 5.42. The van der Waals surface area contributed by atoms with Crippen LogP contribution in [0.5, 0.6) is 0 Å². The third kappa shape index (κ3) is 3.24. The van der Waals surface area contributed by atoms with Gasteiger partial charge in [-0.1, -0.05) is 38.3 Å². The SMILES string of the molecule is CCNC(c1sccc1Cl)C1CCC(C)CC1. The van der Waals surface area contributed by atoms with E-state index in [4.69, 9.17) is 11.6 Å². The molecular formula is C14H22ClNS. The van der Waals surface area contributed by atoms with Crippen molar-refractivity contribution in [2.75, 3.05) is 6.54 Å². The summed E-state index contributed by atoms with van der Waals surface area (Å²) in [5.41, 5.74) is 0. The molecule has 0 bridgehead atoms. The van der Waals surface area contributed by atoms with E-state index < -0.39 is 0 Å². The molecule has 1 unspecified atom stereocenters. The highest BCUT2D eigenvalue weighted by atomic mass is 35.5. The first-order chi connectivity index (χ1) is 8.22. The zero-order chi connectivity index (χ0) is 12.3. The molecule has 96 valence electrons. The zero-order valence-corrected chi connectivity index (χ0v) is 12.3. The quantitative estimate of drug-likeness (QED) is 0.823. The van der Waals surface area contributed by atoms with E-state index in [1.807, 2.05) is 6.07 Å². The van der Waals surface area contributed by atoms with Crippen molar-refractivity contribution >= 4 is 22.9 Å². The van der Waals surface area contributed by atoms with Crippen LogP contribution in [0.4, 0.5) is 0 Å². The lowest BCUT2D eigenvalue weighted by atomic mass is 9.79. The van der Waals surface area contributed by atoms with Crippen LogP contribution in [0.1, 0.15) is 50.4 Å². The minimum absolute atomic E-state index is 0.472. The van der Waals surface area contributed by atoms with E-state index in [0.29, 0.717) is 6.04 Å². The predicted molar refractivity (Wildman–Crippen MR) is 76.9 cm³/mol. The van der Waals surface area contributed by atoms with Crippen molar-refractivity contribution in [2.45, 2.75) is 45.6 Å². The van der Waals surface area contributed by atoms with Crippen LogP contribution < -0.4 is 5.32 Å². The lowest BCUT2D eigenvalue weighted by molar-refractivity contribution is 0.235. The van der Waals surface area contributed by atoms with E-state index in [2.05, 4.69) is 24.5 Å². The van der Waals surface area contributed by atoms with Gasteiger partial charge in [0.05, 0.1) is 5.02 Å². The van der Waals surface area contributed by atoms with Crippen molar-refractivity contribution in [3.8, 4) is 0 Å². The maximum atomic E-state index is 6.29. The third-order valence-corrected chi connectivity index (χ3v) is 5.32. The Labute approximate surface area is 114 Å². The molecule has 0 radical (unpaired) electrons. The number of nitrogens with one attached hydrogen (secondary N) is 1. The second-order valence-electron chi connectivity index (χ2n) is 5.19. The van der Waals surface area contributed by atoms with E-state index in [-0.39, 0.29) is 0 Å². The van der Waals surface area contributed by atoms with Gasteiger partial charge < -0.3 is 5.32 Å². The van der Waals surface area contributed by atoms with Crippen LogP contribution in [0.3, 0.4) is 0 Å². The van der Waals surface area contributed by atoms with E-state index in [1.54, 1.807) is 11.3 Å². The summed E-state index contributed by atoms with van der Waals surface area (Å²) < 4.78 is 0. The second-order valence-corrected chi connectivity index (χ2v) is 6.54. The molecule has 2 rings (SSSR count). The van der Waals surface area contributed by atoms with Crippen LogP contribution in [0.25, 0.3) is 0 Å². The number of thiophene rings is 1. The fourth-order valence-corrected chi connectivity index (χ4v) is 4.18. The Morgan fingerprint density at radius 1 is 1.41 bits per heavy atom. The smallest absolute Gasteiger partial charge is 0.0561 e. The molecule has 0 saturated heterocycles. The molecule has 1 nitrogen and oxygen atoms in total. The molecule has 0 aliphatic heterocycles. The predicted octanol–water partition coefficient (Wildman–Crippen LogP) is 4.88. The van der Waals surface area contributed by atoms with Crippen LogP contribution in [-0.2, 0) is 0 Å². The van der Waals surface area contributed by atoms with Gasteiger partial charge in [-0.05, 0) is 42.7 Å². The van der Waals surface area contributed by atoms with Gasteiger partial charge in [0, 0.05) is 10.9 Å². The fourth-order valence-electron chi connectivity index (χ4n) is 2.84. The number of hydrogen-bond acceptors (Lipinski definition) is 2. The highest BCUT2D eigenvalue weighted by molar-refractivity contribution is 7.10. The van der Waals surface area contributed by atoms with Crippen molar-refractivity contribution in [2.24, 2.45) is 11.8 Å². The van der Waals surface area contributed by atoms with E-state index in [1.165, 1.54) is 30.6 Å². The summed E-state index contributed by atoms with van der Waals surface area (Å²) in [4.78, 5) is 1.34. The van der Waals surface area contributed by atoms with Crippen molar-refractivity contribution in [3.05, 3.63) is 21.3 Å². The Hall–Kier alpha value is -0.0500. The van der Waals surface area contributed by atoms with Gasteiger partial charge in [0.25, 0.3) is 0 Å². The summed E-state index contributed by atoms with van der Waals surface area (Å²) in [6.45, 7) is 5.57. The first-order valence-corrected chi connectivity index (χ1v) is 7.94. The standard InChI is InChI=1S/C14H22ClNS/c1-3-16-13(14-12(15)8-9-17-14)11-6-4-10(2)5-7-11/h8-11,13,16H,3-7H2,1-2H3. The van der Waals surface area contributed by atoms with Crippen LogP contribution >= 0.6 is 22.9 Å². The maximum Gasteiger partial charge on any atom is 0.0561 e. The summed E-state index contributed by atoms with van der Waals surface area (Å²) in [6, 6.07) is 2.50. The molecule has 1 aromatic rings. The van der Waals surface area contributed by atoms with E-state index in [0.717, 1.165) is 23.4 Å². The summed E-state index contributed by atoms with van der Waals surface area (Å²) in [7, 11) is 0. The molecule has 1 aliphatic rings. The topological polar surface area (TPSA) is 12.0 Å². The Balaban J connectivity index is 2.09. The minimum Gasteiger partial charge on any atom is -0.309 e. The average Bonchev–Trinajstić information content (AvgIpc) is 2.74. The molecular weight excluding hydrogens is 250 g/mol. The molecule has 1 heterocycles. The van der Waals surface area contributed by atoms with Gasteiger partial charge in [-0.15, -0.1) is 11.3 Å². The van der Waals surface area contributed by atoms with Crippen molar-refractivity contribution in [3.63, 3.8) is 0 Å². The maximum absolute atomic E-state index is 6.29. The van der Waals surface area contributed by atoms with E-state index >= 15 is 0 Å². The molecule has 0 amide bonds. The zero-order valence-electron chi connectivity index (χ0n) is 10.7. The second kappa shape index (κ2) is 6.21. The van der Waals surface area contributed by atoms with Crippen molar-refractivity contribution < 1.29 is 0 Å². The Morgan fingerprint density at radius 3 is 2.65 bits per heavy atom. The van der Waals surface area contributed by atoms with Gasteiger partial charge >= 0.3 is 0 Å². The largest absolute Gasteiger partial charge is 0.309 e. The lowest BCUT2D eigenvalue weighted by Crippen LogP contribution is -2.30. The molecule has 1 atom stereocenters.